The molecular weight excluding hydrogens is 264 g/mol. The number of rotatable bonds is 4. The average molecular weight is 286 g/mol. The minimum Gasteiger partial charge on any atom is -0.493 e. The van der Waals surface area contributed by atoms with E-state index in [0.29, 0.717) is 19.1 Å². The van der Waals surface area contributed by atoms with Crippen molar-refractivity contribution >= 4 is 0 Å². The van der Waals surface area contributed by atoms with Crippen molar-refractivity contribution in [3.8, 4) is 5.75 Å². The summed E-state index contributed by atoms with van der Waals surface area (Å²) in [7, 11) is 0. The number of hydrogen-bond acceptors (Lipinski definition) is 3. The fourth-order valence-electron chi connectivity index (χ4n) is 2.90. The molecule has 1 aliphatic heterocycles. The average Bonchev–Trinajstić information content (AvgIpc) is 2.95. The first-order valence-corrected chi connectivity index (χ1v) is 7.59. The van der Waals surface area contributed by atoms with Crippen LogP contribution in [0.3, 0.4) is 0 Å². The Hall–Kier alpha value is -1.81. The predicted molar refractivity (Wildman–Crippen MR) is 81.6 cm³/mol. The standard InChI is InChI=1S/C17H22N2O2/c1-12(2)19-9-7-13(18-19)11-16(20)14-8-10-21-17-6-4-3-5-15(14)17/h3-7,9,12,14,16,20H,8,10-11H2,1-2H3. The number of hydrogen-bond donors (Lipinski definition) is 1. The topological polar surface area (TPSA) is 47.3 Å². The van der Waals surface area contributed by atoms with E-state index in [-0.39, 0.29) is 5.92 Å². The lowest BCUT2D eigenvalue weighted by atomic mass is 9.86. The molecule has 0 bridgehead atoms. The number of nitrogens with zero attached hydrogens (tertiary/aromatic N) is 2. The summed E-state index contributed by atoms with van der Waals surface area (Å²) in [6.45, 7) is 4.86. The first-order valence-electron chi connectivity index (χ1n) is 7.59. The second kappa shape index (κ2) is 5.90. The van der Waals surface area contributed by atoms with Crippen LogP contribution in [0.4, 0.5) is 0 Å². The molecule has 1 aromatic carbocycles. The molecule has 0 saturated heterocycles. The van der Waals surface area contributed by atoms with Crippen LogP contribution in [-0.4, -0.2) is 27.6 Å². The Balaban J connectivity index is 1.75. The number of aliphatic hydroxyl groups excluding tert-OH is 1. The Morgan fingerprint density at radius 1 is 1.33 bits per heavy atom. The van der Waals surface area contributed by atoms with Crippen LogP contribution in [0.5, 0.6) is 5.75 Å². The summed E-state index contributed by atoms with van der Waals surface area (Å²) in [5.41, 5.74) is 2.06. The van der Waals surface area contributed by atoms with Crippen LogP contribution < -0.4 is 4.74 Å². The van der Waals surface area contributed by atoms with E-state index < -0.39 is 6.10 Å². The predicted octanol–water partition coefficient (Wildman–Crippen LogP) is 2.93. The van der Waals surface area contributed by atoms with Crippen LogP contribution >= 0.6 is 0 Å². The second-order valence-corrected chi connectivity index (χ2v) is 5.93. The Morgan fingerprint density at radius 3 is 2.90 bits per heavy atom. The van der Waals surface area contributed by atoms with E-state index >= 15 is 0 Å². The highest BCUT2D eigenvalue weighted by atomic mass is 16.5. The Morgan fingerprint density at radius 2 is 2.14 bits per heavy atom. The van der Waals surface area contributed by atoms with Gasteiger partial charge in [-0.1, -0.05) is 18.2 Å². The Bertz CT molecular complexity index is 606. The molecule has 0 aliphatic carbocycles. The van der Waals surface area contributed by atoms with Crippen molar-refractivity contribution in [1.82, 2.24) is 9.78 Å². The van der Waals surface area contributed by atoms with Crippen LogP contribution in [0, 0.1) is 0 Å². The van der Waals surface area contributed by atoms with Gasteiger partial charge in [-0.15, -0.1) is 0 Å². The molecule has 1 aliphatic rings. The molecule has 1 aromatic heterocycles. The van der Waals surface area contributed by atoms with Crippen LogP contribution in [0.2, 0.25) is 0 Å². The number of aliphatic hydroxyl groups is 1. The minimum atomic E-state index is -0.425. The van der Waals surface area contributed by atoms with Crippen LogP contribution in [0.25, 0.3) is 0 Å². The SMILES string of the molecule is CC(C)n1ccc(CC(O)C2CCOc3ccccc32)n1. The quantitative estimate of drug-likeness (QED) is 0.940. The van der Waals surface area contributed by atoms with Gasteiger partial charge in [-0.2, -0.15) is 5.10 Å². The molecule has 0 radical (unpaired) electrons. The molecule has 0 amide bonds. The normalized spacial score (nSPS) is 19.1. The summed E-state index contributed by atoms with van der Waals surface area (Å²) in [6.07, 6.45) is 2.98. The first kappa shape index (κ1) is 14.1. The molecule has 2 unspecified atom stereocenters. The second-order valence-electron chi connectivity index (χ2n) is 5.93. The van der Waals surface area contributed by atoms with Crippen molar-refractivity contribution in [3.05, 3.63) is 47.8 Å². The highest BCUT2D eigenvalue weighted by Gasteiger charge is 2.28. The molecule has 0 fully saturated rings. The maximum absolute atomic E-state index is 10.6. The molecule has 2 heterocycles. The summed E-state index contributed by atoms with van der Waals surface area (Å²) < 4.78 is 7.59. The molecule has 4 nitrogen and oxygen atoms in total. The van der Waals surface area contributed by atoms with Gasteiger partial charge >= 0.3 is 0 Å². The van der Waals surface area contributed by atoms with E-state index in [1.54, 1.807) is 0 Å². The van der Waals surface area contributed by atoms with Gasteiger partial charge in [0, 0.05) is 24.6 Å². The number of aromatic nitrogens is 2. The lowest BCUT2D eigenvalue weighted by molar-refractivity contribution is 0.115. The van der Waals surface area contributed by atoms with Gasteiger partial charge in [0.1, 0.15) is 5.75 Å². The zero-order valence-corrected chi connectivity index (χ0v) is 12.6. The third kappa shape index (κ3) is 2.95. The summed E-state index contributed by atoms with van der Waals surface area (Å²) in [4.78, 5) is 0. The maximum Gasteiger partial charge on any atom is 0.122 e. The number of ether oxygens (including phenoxy) is 1. The van der Waals surface area contributed by atoms with Crippen LogP contribution in [-0.2, 0) is 6.42 Å². The first-order chi connectivity index (χ1) is 10.1. The van der Waals surface area contributed by atoms with E-state index in [9.17, 15) is 5.11 Å². The summed E-state index contributed by atoms with van der Waals surface area (Å²) in [6, 6.07) is 10.3. The minimum absolute atomic E-state index is 0.124. The van der Waals surface area contributed by atoms with Gasteiger partial charge in [-0.3, -0.25) is 4.68 Å². The van der Waals surface area contributed by atoms with E-state index in [4.69, 9.17) is 4.74 Å². The fraction of sp³-hybridized carbons (Fsp3) is 0.471. The van der Waals surface area contributed by atoms with E-state index in [1.807, 2.05) is 35.1 Å². The summed E-state index contributed by atoms with van der Waals surface area (Å²) in [5, 5.41) is 15.1. The van der Waals surface area contributed by atoms with Crippen molar-refractivity contribution in [2.24, 2.45) is 0 Å². The number of benzene rings is 1. The van der Waals surface area contributed by atoms with Gasteiger partial charge in [0.25, 0.3) is 0 Å². The van der Waals surface area contributed by atoms with Gasteiger partial charge in [0.15, 0.2) is 0 Å². The molecule has 0 spiro atoms. The van der Waals surface area contributed by atoms with Crippen molar-refractivity contribution in [2.45, 2.75) is 44.8 Å². The highest BCUT2D eigenvalue weighted by molar-refractivity contribution is 5.38. The monoisotopic (exact) mass is 286 g/mol. The fourth-order valence-corrected chi connectivity index (χ4v) is 2.90. The smallest absolute Gasteiger partial charge is 0.122 e. The third-order valence-electron chi connectivity index (χ3n) is 4.08. The van der Waals surface area contributed by atoms with Gasteiger partial charge in [-0.25, -0.2) is 0 Å². The highest BCUT2D eigenvalue weighted by Crippen LogP contribution is 2.36. The Labute approximate surface area is 125 Å². The summed E-state index contributed by atoms with van der Waals surface area (Å²) >= 11 is 0. The lowest BCUT2D eigenvalue weighted by Crippen LogP contribution is -2.27. The maximum atomic E-state index is 10.6. The van der Waals surface area contributed by atoms with Gasteiger partial charge < -0.3 is 9.84 Å². The largest absolute Gasteiger partial charge is 0.493 e. The molecule has 112 valence electrons. The molecule has 0 saturated carbocycles. The Kier molecular flexibility index (Phi) is 3.97. The molecule has 1 N–H and O–H groups in total. The van der Waals surface area contributed by atoms with E-state index in [1.165, 1.54) is 0 Å². The third-order valence-corrected chi connectivity index (χ3v) is 4.08. The van der Waals surface area contributed by atoms with Crippen molar-refractivity contribution in [1.29, 1.82) is 0 Å². The molecule has 3 rings (SSSR count). The summed E-state index contributed by atoms with van der Waals surface area (Å²) in [5.74, 6) is 1.03. The van der Waals surface area contributed by atoms with E-state index in [0.717, 1.165) is 23.4 Å². The van der Waals surface area contributed by atoms with Crippen LogP contribution in [0.15, 0.2) is 36.5 Å². The molecular formula is C17H22N2O2. The lowest BCUT2D eigenvalue weighted by Gasteiger charge is -2.29. The van der Waals surface area contributed by atoms with Gasteiger partial charge in [0.05, 0.1) is 18.4 Å². The number of para-hydroxylation sites is 1. The zero-order valence-electron chi connectivity index (χ0n) is 12.6. The van der Waals surface area contributed by atoms with E-state index in [2.05, 4.69) is 25.0 Å². The molecule has 2 atom stereocenters. The van der Waals surface area contributed by atoms with Crippen molar-refractivity contribution in [3.63, 3.8) is 0 Å². The van der Waals surface area contributed by atoms with Crippen molar-refractivity contribution in [2.75, 3.05) is 6.61 Å². The zero-order chi connectivity index (χ0) is 14.8. The van der Waals surface area contributed by atoms with Gasteiger partial charge in [0.2, 0.25) is 0 Å². The molecule has 2 aromatic rings. The van der Waals surface area contributed by atoms with Crippen LogP contribution in [0.1, 0.15) is 43.5 Å². The van der Waals surface area contributed by atoms with Crippen molar-refractivity contribution < 1.29 is 9.84 Å². The number of fused-ring (bicyclic) bond motifs is 1. The molecule has 21 heavy (non-hydrogen) atoms. The molecule has 4 heteroatoms. The van der Waals surface area contributed by atoms with Gasteiger partial charge in [-0.05, 0) is 38.0 Å².